The Kier molecular flexibility index (Phi) is 1.92. The van der Waals surface area contributed by atoms with Crippen LogP contribution in [-0.2, 0) is 12.7 Å². The van der Waals surface area contributed by atoms with Crippen LogP contribution < -0.4 is 5.32 Å². The van der Waals surface area contributed by atoms with E-state index in [2.05, 4.69) is 15.5 Å². The largest absolute Gasteiger partial charge is 0.452 e. The molecule has 1 aromatic carbocycles. The number of anilines is 1. The van der Waals surface area contributed by atoms with Gasteiger partial charge in [0, 0.05) is 0 Å². The first-order valence-corrected chi connectivity index (χ1v) is 4.92. The molecule has 0 radical (unpaired) electrons. The van der Waals surface area contributed by atoms with Crippen LogP contribution in [0.2, 0.25) is 0 Å². The number of hydrogen-bond donors (Lipinski definition) is 1. The van der Waals surface area contributed by atoms with Gasteiger partial charge in [-0.25, -0.2) is 0 Å². The summed E-state index contributed by atoms with van der Waals surface area (Å²) in [7, 11) is 0. The topological polar surface area (TPSA) is 42.7 Å². The predicted molar refractivity (Wildman–Crippen MR) is 53.7 cm³/mol. The van der Waals surface area contributed by atoms with Crippen LogP contribution >= 0.6 is 0 Å². The summed E-state index contributed by atoms with van der Waals surface area (Å²) in [5, 5.41) is 9.76. The summed E-state index contributed by atoms with van der Waals surface area (Å²) in [6.07, 6.45) is -4.50. The smallest absolute Gasteiger partial charge is 0.376 e. The number of aromatic nitrogens is 3. The number of halogens is 3. The van der Waals surface area contributed by atoms with Crippen molar-refractivity contribution >= 4 is 5.69 Å². The second-order valence-electron chi connectivity index (χ2n) is 3.64. The number of nitrogens with zero attached hydrogens (tertiary/aromatic N) is 3. The van der Waals surface area contributed by atoms with E-state index in [0.717, 1.165) is 4.57 Å². The molecule has 1 N–H and O–H groups in total. The van der Waals surface area contributed by atoms with Crippen molar-refractivity contribution in [2.45, 2.75) is 12.7 Å². The number of alkyl halides is 3. The van der Waals surface area contributed by atoms with Gasteiger partial charge in [0.2, 0.25) is 5.82 Å². The molecule has 0 fully saturated rings. The van der Waals surface area contributed by atoms with Gasteiger partial charge in [-0.3, -0.25) is 4.57 Å². The van der Waals surface area contributed by atoms with Crippen LogP contribution in [0.3, 0.4) is 0 Å². The number of nitrogens with one attached hydrogen (secondary N) is 1. The van der Waals surface area contributed by atoms with Gasteiger partial charge in [0.15, 0.2) is 5.82 Å². The Hall–Kier alpha value is -2.05. The maximum absolute atomic E-state index is 12.8. The first-order chi connectivity index (χ1) is 8.07. The molecule has 1 aliphatic rings. The Balaban J connectivity index is 2.27. The van der Waals surface area contributed by atoms with Crippen molar-refractivity contribution in [3.05, 3.63) is 35.9 Å². The SMILES string of the molecule is FC(F)(F)c1nnc2n1-c1ccccc1NC2. The third-order valence-electron chi connectivity index (χ3n) is 2.57. The molecule has 2 aromatic rings. The lowest BCUT2D eigenvalue weighted by molar-refractivity contribution is -0.146. The molecule has 3 rings (SSSR count). The summed E-state index contributed by atoms with van der Waals surface area (Å²) in [4.78, 5) is 0. The molecule has 0 atom stereocenters. The minimum Gasteiger partial charge on any atom is -0.376 e. The third-order valence-corrected chi connectivity index (χ3v) is 2.57. The van der Waals surface area contributed by atoms with Gasteiger partial charge in [0.05, 0.1) is 17.9 Å². The Bertz CT molecular complexity index is 573. The fraction of sp³-hybridized carbons (Fsp3) is 0.200. The van der Waals surface area contributed by atoms with Gasteiger partial charge in [-0.2, -0.15) is 13.2 Å². The standard InChI is InChI=1S/C10H7F3N4/c11-10(12,13)9-16-15-8-5-14-6-3-1-2-4-7(6)17(8)9/h1-4,14H,5H2. The number of rotatable bonds is 0. The van der Waals surface area contributed by atoms with E-state index in [9.17, 15) is 13.2 Å². The summed E-state index contributed by atoms with van der Waals surface area (Å²) in [5.74, 6) is -0.725. The molecule has 0 amide bonds. The fourth-order valence-corrected chi connectivity index (χ4v) is 1.86. The Morgan fingerprint density at radius 1 is 1.18 bits per heavy atom. The molecule has 17 heavy (non-hydrogen) atoms. The van der Waals surface area contributed by atoms with E-state index in [0.29, 0.717) is 11.4 Å². The zero-order valence-electron chi connectivity index (χ0n) is 8.49. The van der Waals surface area contributed by atoms with E-state index in [1.54, 1.807) is 24.3 Å². The summed E-state index contributed by atoms with van der Waals surface area (Å²) in [6, 6.07) is 6.76. The van der Waals surface area contributed by atoms with Crippen molar-refractivity contribution in [3.8, 4) is 5.69 Å². The van der Waals surface area contributed by atoms with E-state index in [4.69, 9.17) is 0 Å². The molecular weight excluding hydrogens is 233 g/mol. The van der Waals surface area contributed by atoms with Gasteiger partial charge >= 0.3 is 6.18 Å². The van der Waals surface area contributed by atoms with Gasteiger partial charge in [0.1, 0.15) is 0 Å². The first kappa shape index (κ1) is 10.1. The quantitative estimate of drug-likeness (QED) is 0.767. The maximum atomic E-state index is 12.8. The van der Waals surface area contributed by atoms with Crippen molar-refractivity contribution in [1.29, 1.82) is 0 Å². The van der Waals surface area contributed by atoms with Gasteiger partial charge in [0.25, 0.3) is 0 Å². The van der Waals surface area contributed by atoms with Crippen LogP contribution in [-0.4, -0.2) is 14.8 Å². The van der Waals surface area contributed by atoms with Crippen LogP contribution in [0.1, 0.15) is 11.6 Å². The minimum absolute atomic E-state index is 0.236. The lowest BCUT2D eigenvalue weighted by Gasteiger charge is -2.21. The van der Waals surface area contributed by atoms with Gasteiger partial charge in [-0.05, 0) is 12.1 Å². The highest BCUT2D eigenvalue weighted by Crippen LogP contribution is 2.34. The Morgan fingerprint density at radius 3 is 2.71 bits per heavy atom. The summed E-state index contributed by atoms with van der Waals surface area (Å²) >= 11 is 0. The van der Waals surface area contributed by atoms with Crippen molar-refractivity contribution < 1.29 is 13.2 Å². The second kappa shape index (κ2) is 3.22. The lowest BCUT2D eigenvalue weighted by atomic mass is 10.2. The molecule has 2 heterocycles. The van der Waals surface area contributed by atoms with Crippen LogP contribution in [0, 0.1) is 0 Å². The van der Waals surface area contributed by atoms with E-state index >= 15 is 0 Å². The van der Waals surface area contributed by atoms with Crippen LogP contribution in [0.25, 0.3) is 5.69 Å². The molecule has 7 heteroatoms. The van der Waals surface area contributed by atoms with E-state index in [1.165, 1.54) is 0 Å². The lowest BCUT2D eigenvalue weighted by Crippen LogP contribution is -2.20. The van der Waals surface area contributed by atoms with E-state index in [1.807, 2.05) is 0 Å². The molecule has 0 saturated heterocycles. The summed E-state index contributed by atoms with van der Waals surface area (Å²) in [6.45, 7) is 0.236. The highest BCUT2D eigenvalue weighted by atomic mass is 19.4. The minimum atomic E-state index is -4.50. The molecule has 1 aromatic heterocycles. The van der Waals surface area contributed by atoms with Crippen LogP contribution in [0.5, 0.6) is 0 Å². The number of benzene rings is 1. The van der Waals surface area contributed by atoms with Crippen molar-refractivity contribution in [1.82, 2.24) is 14.8 Å². The molecule has 88 valence electrons. The molecule has 0 bridgehead atoms. The average Bonchev–Trinajstić information content (AvgIpc) is 2.72. The molecule has 0 saturated carbocycles. The maximum Gasteiger partial charge on any atom is 0.452 e. The van der Waals surface area contributed by atoms with Crippen molar-refractivity contribution in [2.24, 2.45) is 0 Å². The highest BCUT2D eigenvalue weighted by Gasteiger charge is 2.40. The van der Waals surface area contributed by atoms with Gasteiger partial charge < -0.3 is 5.32 Å². The molecule has 4 nitrogen and oxygen atoms in total. The number of fused-ring (bicyclic) bond motifs is 3. The molecule has 1 aliphatic heterocycles. The second-order valence-corrected chi connectivity index (χ2v) is 3.64. The Labute approximate surface area is 94.1 Å². The normalized spacial score (nSPS) is 13.8. The van der Waals surface area contributed by atoms with Crippen LogP contribution in [0.4, 0.5) is 18.9 Å². The monoisotopic (exact) mass is 240 g/mol. The first-order valence-electron chi connectivity index (χ1n) is 4.92. The summed E-state index contributed by atoms with van der Waals surface area (Å²) in [5.41, 5.74) is 1.07. The van der Waals surface area contributed by atoms with Crippen LogP contribution in [0.15, 0.2) is 24.3 Å². The molecule has 0 unspecified atom stereocenters. The van der Waals surface area contributed by atoms with E-state index in [-0.39, 0.29) is 12.4 Å². The van der Waals surface area contributed by atoms with Crippen molar-refractivity contribution in [3.63, 3.8) is 0 Å². The zero-order chi connectivity index (χ0) is 12.0. The molecular formula is C10H7F3N4. The summed E-state index contributed by atoms with van der Waals surface area (Å²) < 4.78 is 39.3. The Morgan fingerprint density at radius 2 is 1.94 bits per heavy atom. The van der Waals surface area contributed by atoms with Crippen molar-refractivity contribution in [2.75, 3.05) is 5.32 Å². The predicted octanol–water partition coefficient (Wildman–Crippen LogP) is 2.21. The zero-order valence-corrected chi connectivity index (χ0v) is 8.49. The number of hydrogen-bond acceptors (Lipinski definition) is 3. The number of para-hydroxylation sites is 2. The molecule has 0 spiro atoms. The third kappa shape index (κ3) is 1.46. The highest BCUT2D eigenvalue weighted by molar-refractivity contribution is 5.63. The average molecular weight is 240 g/mol. The van der Waals surface area contributed by atoms with Gasteiger partial charge in [-0.1, -0.05) is 12.1 Å². The molecule has 0 aliphatic carbocycles. The van der Waals surface area contributed by atoms with Gasteiger partial charge in [-0.15, -0.1) is 10.2 Å². The fourth-order valence-electron chi connectivity index (χ4n) is 1.86. The van der Waals surface area contributed by atoms with E-state index < -0.39 is 12.0 Å².